The maximum atomic E-state index is 10.9. The van der Waals surface area contributed by atoms with Gasteiger partial charge in [-0.2, -0.15) is 0 Å². The van der Waals surface area contributed by atoms with E-state index < -0.39 is 0 Å². The minimum atomic E-state index is -0.343. The van der Waals surface area contributed by atoms with Crippen LogP contribution in [0.3, 0.4) is 0 Å². The molecule has 2 rings (SSSR count). The zero-order valence-corrected chi connectivity index (χ0v) is 12.0. The molecule has 98 valence electrons. The fraction of sp³-hybridized carbons (Fsp3) is 0.538. The van der Waals surface area contributed by atoms with Crippen LogP contribution in [0.2, 0.25) is 0 Å². The fourth-order valence-electron chi connectivity index (χ4n) is 2.04. The van der Waals surface area contributed by atoms with Gasteiger partial charge >= 0.3 is 0 Å². The van der Waals surface area contributed by atoms with Crippen molar-refractivity contribution in [3.63, 3.8) is 0 Å². The van der Waals surface area contributed by atoms with E-state index in [-0.39, 0.29) is 10.6 Å². The summed E-state index contributed by atoms with van der Waals surface area (Å²) in [5, 5.41) is 10.9. The summed E-state index contributed by atoms with van der Waals surface area (Å²) in [6.45, 7) is 4.99. The van der Waals surface area contributed by atoms with Crippen LogP contribution in [0.5, 0.6) is 0 Å². The number of nitro benzene ring substituents is 1. The fourth-order valence-corrected chi connectivity index (χ4v) is 2.58. The Morgan fingerprint density at radius 1 is 1.50 bits per heavy atom. The van der Waals surface area contributed by atoms with Crippen LogP contribution in [0.4, 0.5) is 5.69 Å². The molecule has 1 aliphatic carbocycles. The number of nitro groups is 1. The topological polar surface area (TPSA) is 46.4 Å². The van der Waals surface area contributed by atoms with E-state index in [0.717, 1.165) is 31.1 Å². The molecule has 1 fully saturated rings. The van der Waals surface area contributed by atoms with Crippen LogP contribution >= 0.6 is 15.9 Å². The zero-order valence-electron chi connectivity index (χ0n) is 10.4. The van der Waals surface area contributed by atoms with Crippen molar-refractivity contribution >= 4 is 21.6 Å². The predicted molar refractivity (Wildman–Crippen MR) is 74.5 cm³/mol. The normalized spacial score (nSPS) is 15.1. The van der Waals surface area contributed by atoms with Crippen molar-refractivity contribution in [2.75, 3.05) is 13.1 Å². The predicted octanol–water partition coefficient (Wildman–Crippen LogP) is 3.59. The summed E-state index contributed by atoms with van der Waals surface area (Å²) >= 11 is 3.35. The summed E-state index contributed by atoms with van der Waals surface area (Å²) in [5.74, 6) is 0.836. The third-order valence-corrected chi connectivity index (χ3v) is 4.23. The van der Waals surface area contributed by atoms with E-state index in [2.05, 4.69) is 27.8 Å². The molecule has 0 saturated heterocycles. The molecule has 1 aromatic rings. The van der Waals surface area contributed by atoms with E-state index in [1.165, 1.54) is 18.9 Å². The Labute approximate surface area is 115 Å². The Balaban J connectivity index is 2.11. The standard InChI is InChI=1S/C13H17BrN2O2/c1-2-15(8-10-6-7-10)9-11-4-3-5-12(13(11)14)16(17)18/h3-5,10H,2,6-9H2,1H3. The number of halogens is 1. The molecular formula is C13H17BrN2O2. The van der Waals surface area contributed by atoms with Crippen molar-refractivity contribution in [2.45, 2.75) is 26.3 Å². The second kappa shape index (κ2) is 5.80. The van der Waals surface area contributed by atoms with Gasteiger partial charge in [0.2, 0.25) is 0 Å². The summed E-state index contributed by atoms with van der Waals surface area (Å²) < 4.78 is 0.615. The maximum absolute atomic E-state index is 10.9. The van der Waals surface area contributed by atoms with Gasteiger partial charge in [-0.25, -0.2) is 0 Å². The average Bonchev–Trinajstić information content (AvgIpc) is 3.14. The molecule has 0 aliphatic heterocycles. The molecule has 4 nitrogen and oxygen atoms in total. The first-order valence-electron chi connectivity index (χ1n) is 6.26. The minimum absolute atomic E-state index is 0.148. The van der Waals surface area contributed by atoms with Gasteiger partial charge in [-0.05, 0) is 46.8 Å². The van der Waals surface area contributed by atoms with Crippen molar-refractivity contribution in [1.82, 2.24) is 4.90 Å². The number of rotatable bonds is 6. The summed E-state index contributed by atoms with van der Waals surface area (Å²) in [7, 11) is 0. The van der Waals surface area contributed by atoms with Gasteiger partial charge < -0.3 is 0 Å². The third kappa shape index (κ3) is 3.29. The molecule has 18 heavy (non-hydrogen) atoms. The van der Waals surface area contributed by atoms with Gasteiger partial charge in [-0.15, -0.1) is 0 Å². The van der Waals surface area contributed by atoms with Gasteiger partial charge in [-0.1, -0.05) is 19.1 Å². The molecule has 0 amide bonds. The van der Waals surface area contributed by atoms with Crippen molar-refractivity contribution < 1.29 is 4.92 Å². The maximum Gasteiger partial charge on any atom is 0.283 e. The second-order valence-electron chi connectivity index (χ2n) is 4.78. The SMILES string of the molecule is CCN(Cc1cccc([N+](=O)[O-])c1Br)CC1CC1. The van der Waals surface area contributed by atoms with Crippen LogP contribution in [-0.4, -0.2) is 22.9 Å². The van der Waals surface area contributed by atoms with Crippen LogP contribution in [0, 0.1) is 16.0 Å². The largest absolute Gasteiger partial charge is 0.299 e. The van der Waals surface area contributed by atoms with Crippen molar-refractivity contribution in [1.29, 1.82) is 0 Å². The van der Waals surface area contributed by atoms with Gasteiger partial charge in [0.25, 0.3) is 5.69 Å². The molecule has 1 aromatic carbocycles. The summed E-state index contributed by atoms with van der Waals surface area (Å²) in [6, 6.07) is 5.24. The Kier molecular flexibility index (Phi) is 4.35. The molecule has 0 bridgehead atoms. The number of nitrogens with zero attached hydrogens (tertiary/aromatic N) is 2. The van der Waals surface area contributed by atoms with E-state index in [4.69, 9.17) is 0 Å². The molecule has 0 atom stereocenters. The summed E-state index contributed by atoms with van der Waals surface area (Å²) in [4.78, 5) is 12.9. The van der Waals surface area contributed by atoms with Crippen molar-refractivity contribution in [3.8, 4) is 0 Å². The molecule has 0 N–H and O–H groups in total. The lowest BCUT2D eigenvalue weighted by molar-refractivity contribution is -0.385. The zero-order chi connectivity index (χ0) is 13.1. The van der Waals surface area contributed by atoms with Gasteiger partial charge in [0, 0.05) is 19.2 Å². The van der Waals surface area contributed by atoms with Gasteiger partial charge in [-0.3, -0.25) is 15.0 Å². The van der Waals surface area contributed by atoms with Crippen LogP contribution in [0.15, 0.2) is 22.7 Å². The smallest absolute Gasteiger partial charge is 0.283 e. The summed E-state index contributed by atoms with van der Waals surface area (Å²) in [5.41, 5.74) is 1.14. The van der Waals surface area contributed by atoms with E-state index >= 15 is 0 Å². The highest BCUT2D eigenvalue weighted by atomic mass is 79.9. The Morgan fingerprint density at radius 2 is 2.22 bits per heavy atom. The van der Waals surface area contributed by atoms with E-state index in [1.54, 1.807) is 6.07 Å². The molecule has 0 heterocycles. The lowest BCUT2D eigenvalue weighted by Crippen LogP contribution is -2.25. The third-order valence-electron chi connectivity index (χ3n) is 3.31. The highest BCUT2D eigenvalue weighted by Crippen LogP contribution is 2.32. The first-order chi connectivity index (χ1) is 8.61. The summed E-state index contributed by atoms with van der Waals surface area (Å²) in [6.07, 6.45) is 2.65. The lowest BCUT2D eigenvalue weighted by atomic mass is 10.2. The molecule has 0 unspecified atom stereocenters. The highest BCUT2D eigenvalue weighted by Gasteiger charge is 2.24. The molecule has 5 heteroatoms. The molecule has 0 radical (unpaired) electrons. The van der Waals surface area contributed by atoms with E-state index in [0.29, 0.717) is 4.47 Å². The highest BCUT2D eigenvalue weighted by molar-refractivity contribution is 9.10. The second-order valence-corrected chi connectivity index (χ2v) is 5.57. The van der Waals surface area contributed by atoms with Crippen molar-refractivity contribution in [2.24, 2.45) is 5.92 Å². The number of benzene rings is 1. The molecule has 0 aromatic heterocycles. The van der Waals surface area contributed by atoms with E-state index in [9.17, 15) is 10.1 Å². The van der Waals surface area contributed by atoms with Crippen LogP contribution < -0.4 is 0 Å². The number of hydrogen-bond donors (Lipinski definition) is 0. The molecule has 0 spiro atoms. The van der Waals surface area contributed by atoms with Crippen LogP contribution in [0.25, 0.3) is 0 Å². The Bertz CT molecular complexity index is 447. The first kappa shape index (κ1) is 13.5. The number of hydrogen-bond acceptors (Lipinski definition) is 3. The van der Waals surface area contributed by atoms with Gasteiger partial charge in [0.15, 0.2) is 0 Å². The molecule has 1 aliphatic rings. The monoisotopic (exact) mass is 312 g/mol. The van der Waals surface area contributed by atoms with E-state index in [1.807, 2.05) is 6.07 Å². The quantitative estimate of drug-likeness (QED) is 0.595. The average molecular weight is 313 g/mol. The minimum Gasteiger partial charge on any atom is -0.299 e. The van der Waals surface area contributed by atoms with Gasteiger partial charge in [0.1, 0.15) is 0 Å². The van der Waals surface area contributed by atoms with Gasteiger partial charge in [0.05, 0.1) is 9.40 Å². The molecular weight excluding hydrogens is 296 g/mol. The molecule has 1 saturated carbocycles. The Hall–Kier alpha value is -0.940. The van der Waals surface area contributed by atoms with Crippen LogP contribution in [0.1, 0.15) is 25.3 Å². The Morgan fingerprint density at radius 3 is 2.78 bits per heavy atom. The van der Waals surface area contributed by atoms with Crippen LogP contribution in [-0.2, 0) is 6.54 Å². The first-order valence-corrected chi connectivity index (χ1v) is 7.05. The lowest BCUT2D eigenvalue weighted by Gasteiger charge is -2.20. The van der Waals surface area contributed by atoms with Crippen molar-refractivity contribution in [3.05, 3.63) is 38.3 Å².